The average molecular weight is 477 g/mol. The molecule has 0 aliphatic rings. The van der Waals surface area contributed by atoms with E-state index in [0.717, 1.165) is 31.0 Å². The molecule has 0 aliphatic carbocycles. The molecule has 6 N–H and O–H groups in total. The normalized spacial score (nSPS) is 12.4. The number of amides is 1. The summed E-state index contributed by atoms with van der Waals surface area (Å²) in [7, 11) is 1.93. The van der Waals surface area contributed by atoms with Gasteiger partial charge in [0.15, 0.2) is 0 Å². The fourth-order valence-corrected chi connectivity index (χ4v) is 3.13. The first-order valence-corrected chi connectivity index (χ1v) is 11.6. The molecule has 1 aromatic rings. The van der Waals surface area contributed by atoms with Crippen molar-refractivity contribution in [2.75, 3.05) is 45.2 Å². The van der Waals surface area contributed by atoms with Gasteiger partial charge in [-0.05, 0) is 32.9 Å². The average Bonchev–Trinajstić information content (AvgIpc) is 2.82. The zero-order chi connectivity index (χ0) is 25.3. The van der Waals surface area contributed by atoms with Crippen molar-refractivity contribution in [1.29, 1.82) is 0 Å². The summed E-state index contributed by atoms with van der Waals surface area (Å²) in [5.74, 6) is 5.58. The van der Waals surface area contributed by atoms with Crippen molar-refractivity contribution in [3.05, 3.63) is 41.2 Å². The molecule has 0 aliphatic heterocycles. The lowest BCUT2D eigenvalue weighted by molar-refractivity contribution is -0.115. The van der Waals surface area contributed by atoms with Crippen molar-refractivity contribution in [2.24, 2.45) is 11.6 Å². The van der Waals surface area contributed by atoms with E-state index in [4.69, 9.17) is 16.3 Å². The molecule has 34 heavy (non-hydrogen) atoms. The van der Waals surface area contributed by atoms with Crippen LogP contribution in [0.1, 0.15) is 49.0 Å². The Morgan fingerprint density at radius 3 is 2.71 bits per heavy atom. The third kappa shape index (κ3) is 11.4. The highest BCUT2D eigenvalue weighted by atomic mass is 16.5. The summed E-state index contributed by atoms with van der Waals surface area (Å²) in [4.78, 5) is 36.7. The Balaban J connectivity index is 2.48. The van der Waals surface area contributed by atoms with Gasteiger partial charge in [-0.1, -0.05) is 19.1 Å². The Morgan fingerprint density at radius 2 is 2.03 bits per heavy atom. The standard InChI is InChI=1S/C24H40N6O4/c1-4-21(25)16-30(26)11-14-34-13-10-27-15-24(33)28-23-9-5-8-20(18-32)22(23)17-29(3)19(2)7-6-12-31/h5,8-9,12,16,18-19,27H,4,6-7,10-11,13-15,17,25-26H2,1-3H3,(H,28,33)/b21-16-. The van der Waals surface area contributed by atoms with E-state index >= 15 is 0 Å². The molecule has 1 unspecified atom stereocenters. The molecule has 190 valence electrons. The lowest BCUT2D eigenvalue weighted by Crippen LogP contribution is -2.33. The Morgan fingerprint density at radius 1 is 1.26 bits per heavy atom. The van der Waals surface area contributed by atoms with Crippen molar-refractivity contribution >= 4 is 24.2 Å². The van der Waals surface area contributed by atoms with E-state index in [1.165, 1.54) is 5.01 Å². The molecule has 0 spiro atoms. The van der Waals surface area contributed by atoms with Crippen molar-refractivity contribution in [3.63, 3.8) is 0 Å². The summed E-state index contributed by atoms with van der Waals surface area (Å²) in [5, 5.41) is 7.42. The van der Waals surface area contributed by atoms with Crippen molar-refractivity contribution < 1.29 is 19.1 Å². The molecule has 10 nitrogen and oxygen atoms in total. The molecule has 1 rings (SSSR count). The monoisotopic (exact) mass is 476 g/mol. The number of ether oxygens (including phenoxy) is 1. The second-order valence-electron chi connectivity index (χ2n) is 8.13. The molecule has 1 aromatic carbocycles. The van der Waals surface area contributed by atoms with Gasteiger partial charge in [0, 0.05) is 54.3 Å². The Bertz CT molecular complexity index is 802. The number of nitrogens with two attached hydrogens (primary N) is 2. The van der Waals surface area contributed by atoms with E-state index in [-0.39, 0.29) is 18.5 Å². The molecule has 0 radical (unpaired) electrons. The number of anilines is 1. The van der Waals surface area contributed by atoms with Crippen LogP contribution in [0.4, 0.5) is 5.69 Å². The number of nitrogens with one attached hydrogen (secondary N) is 2. The van der Waals surface area contributed by atoms with E-state index in [1.54, 1.807) is 24.4 Å². The largest absolute Gasteiger partial charge is 0.401 e. The predicted octanol–water partition coefficient (Wildman–Crippen LogP) is 1.23. The van der Waals surface area contributed by atoms with E-state index in [9.17, 15) is 14.4 Å². The van der Waals surface area contributed by atoms with E-state index in [0.29, 0.717) is 56.2 Å². The number of hydrogen-bond acceptors (Lipinski definition) is 9. The molecular formula is C24H40N6O4. The van der Waals surface area contributed by atoms with Crippen LogP contribution < -0.4 is 22.2 Å². The molecule has 1 amide bonds. The maximum atomic E-state index is 12.4. The maximum absolute atomic E-state index is 12.4. The molecular weight excluding hydrogens is 436 g/mol. The van der Waals surface area contributed by atoms with E-state index in [1.807, 2.05) is 20.9 Å². The first-order chi connectivity index (χ1) is 16.3. The molecule has 1 atom stereocenters. The lowest BCUT2D eigenvalue weighted by atomic mass is 10.0. The highest BCUT2D eigenvalue weighted by Crippen LogP contribution is 2.22. The second kappa shape index (κ2) is 16.8. The number of benzene rings is 1. The van der Waals surface area contributed by atoms with Crippen molar-refractivity contribution in [1.82, 2.24) is 15.2 Å². The quantitative estimate of drug-likeness (QED) is 0.106. The highest BCUT2D eigenvalue weighted by Gasteiger charge is 2.16. The summed E-state index contributed by atoms with van der Waals surface area (Å²) in [6.45, 7) is 6.46. The van der Waals surface area contributed by atoms with E-state index < -0.39 is 0 Å². The number of hydrogen-bond donors (Lipinski definition) is 4. The fraction of sp³-hybridized carbons (Fsp3) is 0.542. The summed E-state index contributed by atoms with van der Waals surface area (Å²) in [6.07, 6.45) is 5.32. The van der Waals surface area contributed by atoms with Crippen LogP contribution in [-0.4, -0.2) is 74.3 Å². The van der Waals surface area contributed by atoms with Crippen LogP contribution in [0.2, 0.25) is 0 Å². The molecule has 10 heteroatoms. The van der Waals surface area contributed by atoms with Crippen LogP contribution in [-0.2, 0) is 20.9 Å². The second-order valence-corrected chi connectivity index (χ2v) is 8.13. The van der Waals surface area contributed by atoms with Gasteiger partial charge in [-0.25, -0.2) is 5.84 Å². The third-order valence-electron chi connectivity index (χ3n) is 5.42. The molecule has 0 bridgehead atoms. The summed E-state index contributed by atoms with van der Waals surface area (Å²) < 4.78 is 5.51. The van der Waals surface area contributed by atoms with Crippen LogP contribution in [0.5, 0.6) is 0 Å². The number of carbonyl (C=O) groups is 3. The van der Waals surface area contributed by atoms with Crippen LogP contribution in [0.25, 0.3) is 0 Å². The van der Waals surface area contributed by atoms with Crippen molar-refractivity contribution in [2.45, 2.75) is 45.7 Å². The van der Waals surface area contributed by atoms with Crippen LogP contribution in [0.15, 0.2) is 30.1 Å². The third-order valence-corrected chi connectivity index (χ3v) is 5.42. The fourth-order valence-electron chi connectivity index (χ4n) is 3.13. The van der Waals surface area contributed by atoms with Gasteiger partial charge in [-0.3, -0.25) is 14.5 Å². The smallest absolute Gasteiger partial charge is 0.238 e. The first-order valence-electron chi connectivity index (χ1n) is 11.6. The van der Waals surface area contributed by atoms with Gasteiger partial charge in [0.05, 0.1) is 26.3 Å². The van der Waals surface area contributed by atoms with Crippen LogP contribution >= 0.6 is 0 Å². The topological polar surface area (TPSA) is 143 Å². The van der Waals surface area contributed by atoms with Gasteiger partial charge in [0.25, 0.3) is 0 Å². The number of allylic oxidation sites excluding steroid dienone is 1. The zero-order valence-corrected chi connectivity index (χ0v) is 20.6. The SMILES string of the molecule is CC/C(N)=C/N(N)CCOCCNCC(=O)Nc1cccc(C=O)c1CN(C)C(C)CCC=O. The van der Waals surface area contributed by atoms with E-state index in [2.05, 4.69) is 15.5 Å². The van der Waals surface area contributed by atoms with Crippen molar-refractivity contribution in [3.8, 4) is 0 Å². The zero-order valence-electron chi connectivity index (χ0n) is 20.6. The summed E-state index contributed by atoms with van der Waals surface area (Å²) in [5.41, 5.74) is 8.31. The molecule has 0 saturated heterocycles. The molecule has 0 saturated carbocycles. The van der Waals surface area contributed by atoms with Crippen LogP contribution in [0, 0.1) is 0 Å². The number of rotatable bonds is 18. The Hall–Kier alpha value is -2.79. The molecule has 0 aromatic heterocycles. The number of aldehydes is 2. The molecule has 0 heterocycles. The summed E-state index contributed by atoms with van der Waals surface area (Å²) in [6, 6.07) is 5.41. The Kier molecular flexibility index (Phi) is 14.4. The number of nitrogens with zero attached hydrogens (tertiary/aromatic N) is 2. The highest BCUT2D eigenvalue weighted by molar-refractivity contribution is 5.94. The minimum atomic E-state index is -0.214. The molecule has 0 fully saturated rings. The number of hydrazine groups is 1. The van der Waals surface area contributed by atoms with Gasteiger partial charge in [0.1, 0.15) is 12.6 Å². The van der Waals surface area contributed by atoms with Gasteiger partial charge in [0.2, 0.25) is 5.91 Å². The van der Waals surface area contributed by atoms with Gasteiger partial charge >= 0.3 is 0 Å². The minimum Gasteiger partial charge on any atom is -0.401 e. The predicted molar refractivity (Wildman–Crippen MR) is 134 cm³/mol. The lowest BCUT2D eigenvalue weighted by Gasteiger charge is -2.26. The first kappa shape index (κ1) is 29.2. The maximum Gasteiger partial charge on any atom is 0.238 e. The minimum absolute atomic E-state index is 0.110. The van der Waals surface area contributed by atoms with Crippen LogP contribution in [0.3, 0.4) is 0 Å². The number of carbonyl (C=O) groups excluding carboxylic acids is 3. The van der Waals surface area contributed by atoms with Gasteiger partial charge < -0.3 is 30.9 Å². The summed E-state index contributed by atoms with van der Waals surface area (Å²) >= 11 is 0. The Labute approximate surface area is 202 Å². The van der Waals surface area contributed by atoms with Gasteiger partial charge in [-0.2, -0.15) is 0 Å². The van der Waals surface area contributed by atoms with Gasteiger partial charge in [-0.15, -0.1) is 0 Å².